The number of rotatable bonds is 2. The Hall–Kier alpha value is -0.780. The molecule has 0 unspecified atom stereocenters. The van der Waals surface area contributed by atoms with Gasteiger partial charge in [0, 0.05) is 0 Å². The Bertz CT molecular complexity index is 240. The molecule has 0 saturated carbocycles. The van der Waals surface area contributed by atoms with E-state index in [2.05, 4.69) is 45.9 Å². The Morgan fingerprint density at radius 2 is 1.58 bits per heavy atom. The molecule has 0 heteroatoms. The zero-order valence-electron chi connectivity index (χ0n) is 8.52. The summed E-state index contributed by atoms with van der Waals surface area (Å²) in [6.07, 6.45) is 1.23. The van der Waals surface area contributed by atoms with Crippen LogP contribution in [0.3, 0.4) is 0 Å². The van der Waals surface area contributed by atoms with E-state index in [1.54, 1.807) is 0 Å². The molecule has 0 aliphatic carbocycles. The summed E-state index contributed by atoms with van der Waals surface area (Å²) in [4.78, 5) is 0. The summed E-state index contributed by atoms with van der Waals surface area (Å²) in [6, 6.07) is 6.81. The fourth-order valence-electron chi connectivity index (χ4n) is 1.53. The minimum absolute atomic E-state index is 0.698. The van der Waals surface area contributed by atoms with Crippen molar-refractivity contribution in [2.45, 2.75) is 40.0 Å². The number of hydrogen-bond donors (Lipinski definition) is 0. The lowest BCUT2D eigenvalue weighted by Crippen LogP contribution is -1.92. The first-order valence-corrected chi connectivity index (χ1v) is 4.71. The van der Waals surface area contributed by atoms with Crippen molar-refractivity contribution >= 4 is 0 Å². The van der Waals surface area contributed by atoms with E-state index in [0.29, 0.717) is 5.92 Å². The molecule has 0 bridgehead atoms. The first-order chi connectivity index (χ1) is 5.63. The van der Waals surface area contributed by atoms with Gasteiger partial charge in [-0.25, -0.2) is 0 Å². The van der Waals surface area contributed by atoms with E-state index in [9.17, 15) is 0 Å². The van der Waals surface area contributed by atoms with Gasteiger partial charge in [-0.15, -0.1) is 0 Å². The van der Waals surface area contributed by atoms with Crippen LogP contribution in [0.1, 0.15) is 42.9 Å². The van der Waals surface area contributed by atoms with Crippen LogP contribution in [0.25, 0.3) is 0 Å². The smallest absolute Gasteiger partial charge is 0.0193 e. The third-order valence-electron chi connectivity index (χ3n) is 2.43. The van der Waals surface area contributed by atoms with Gasteiger partial charge in [0.25, 0.3) is 0 Å². The van der Waals surface area contributed by atoms with E-state index in [4.69, 9.17) is 0 Å². The van der Waals surface area contributed by atoms with Crippen LogP contribution in [0.2, 0.25) is 0 Å². The zero-order chi connectivity index (χ0) is 9.14. The number of benzene rings is 1. The maximum absolute atomic E-state index is 2.29. The third kappa shape index (κ3) is 2.10. The second-order valence-corrected chi connectivity index (χ2v) is 3.73. The Morgan fingerprint density at radius 1 is 1.08 bits per heavy atom. The maximum Gasteiger partial charge on any atom is -0.0193 e. The highest BCUT2D eigenvalue weighted by atomic mass is 14.1. The largest absolute Gasteiger partial charge is 0.0648 e. The SMILES string of the molecule is CC[C@@H](C)c1cc(C)cc(C)c1. The van der Waals surface area contributed by atoms with Crippen LogP contribution in [0.15, 0.2) is 18.2 Å². The fraction of sp³-hybridized carbons (Fsp3) is 0.500. The molecule has 0 fully saturated rings. The third-order valence-corrected chi connectivity index (χ3v) is 2.43. The molecule has 1 atom stereocenters. The molecule has 0 aliphatic rings. The molecule has 0 saturated heterocycles. The van der Waals surface area contributed by atoms with Crippen molar-refractivity contribution in [2.75, 3.05) is 0 Å². The first-order valence-electron chi connectivity index (χ1n) is 4.71. The van der Waals surface area contributed by atoms with Crippen molar-refractivity contribution in [3.63, 3.8) is 0 Å². The van der Waals surface area contributed by atoms with Crippen molar-refractivity contribution in [3.8, 4) is 0 Å². The molecule has 1 rings (SSSR count). The van der Waals surface area contributed by atoms with Crippen molar-refractivity contribution in [1.82, 2.24) is 0 Å². The first kappa shape index (κ1) is 9.31. The van der Waals surface area contributed by atoms with Crippen LogP contribution in [0, 0.1) is 13.8 Å². The maximum atomic E-state index is 2.29. The van der Waals surface area contributed by atoms with E-state index in [-0.39, 0.29) is 0 Å². The molecule has 0 aromatic heterocycles. The highest BCUT2D eigenvalue weighted by molar-refractivity contribution is 5.30. The minimum Gasteiger partial charge on any atom is -0.0648 e. The second kappa shape index (κ2) is 3.75. The van der Waals surface area contributed by atoms with Gasteiger partial charge in [0.05, 0.1) is 0 Å². The molecule has 0 amide bonds. The molecular formula is C12H18. The summed E-state index contributed by atoms with van der Waals surface area (Å²) in [6.45, 7) is 8.86. The van der Waals surface area contributed by atoms with Crippen LogP contribution in [0.5, 0.6) is 0 Å². The van der Waals surface area contributed by atoms with Gasteiger partial charge < -0.3 is 0 Å². The van der Waals surface area contributed by atoms with Crippen LogP contribution in [-0.2, 0) is 0 Å². The van der Waals surface area contributed by atoms with E-state index in [1.165, 1.54) is 23.1 Å². The van der Waals surface area contributed by atoms with Gasteiger partial charge in [0.15, 0.2) is 0 Å². The lowest BCUT2D eigenvalue weighted by Gasteiger charge is -2.10. The molecular weight excluding hydrogens is 144 g/mol. The summed E-state index contributed by atoms with van der Waals surface area (Å²) in [5.74, 6) is 0.698. The van der Waals surface area contributed by atoms with Gasteiger partial charge >= 0.3 is 0 Å². The molecule has 0 radical (unpaired) electrons. The summed E-state index contributed by atoms with van der Waals surface area (Å²) in [5.41, 5.74) is 4.24. The highest BCUT2D eigenvalue weighted by Gasteiger charge is 2.02. The topological polar surface area (TPSA) is 0 Å². The van der Waals surface area contributed by atoms with Gasteiger partial charge in [0.1, 0.15) is 0 Å². The summed E-state index contributed by atoms with van der Waals surface area (Å²) >= 11 is 0. The van der Waals surface area contributed by atoms with E-state index >= 15 is 0 Å². The van der Waals surface area contributed by atoms with Crippen molar-refractivity contribution < 1.29 is 0 Å². The predicted molar refractivity (Wildman–Crippen MR) is 54.6 cm³/mol. The van der Waals surface area contributed by atoms with E-state index in [0.717, 1.165) is 0 Å². The van der Waals surface area contributed by atoms with Crippen LogP contribution < -0.4 is 0 Å². The van der Waals surface area contributed by atoms with Crippen LogP contribution >= 0.6 is 0 Å². The Kier molecular flexibility index (Phi) is 2.91. The molecule has 1 aromatic rings. The molecule has 12 heavy (non-hydrogen) atoms. The molecule has 0 aliphatic heterocycles. The zero-order valence-corrected chi connectivity index (χ0v) is 8.52. The summed E-state index contributed by atoms with van der Waals surface area (Å²) in [5, 5.41) is 0. The monoisotopic (exact) mass is 162 g/mol. The van der Waals surface area contributed by atoms with Crippen LogP contribution in [0.4, 0.5) is 0 Å². The summed E-state index contributed by atoms with van der Waals surface area (Å²) in [7, 11) is 0. The van der Waals surface area contributed by atoms with Gasteiger partial charge in [-0.3, -0.25) is 0 Å². The van der Waals surface area contributed by atoms with Gasteiger partial charge in [-0.05, 0) is 31.7 Å². The molecule has 1 aromatic carbocycles. The number of aryl methyl sites for hydroxylation is 2. The van der Waals surface area contributed by atoms with Gasteiger partial charge in [-0.2, -0.15) is 0 Å². The molecule has 0 heterocycles. The van der Waals surface area contributed by atoms with Crippen molar-refractivity contribution in [3.05, 3.63) is 34.9 Å². The van der Waals surface area contributed by atoms with Crippen molar-refractivity contribution in [2.24, 2.45) is 0 Å². The minimum atomic E-state index is 0.698. The van der Waals surface area contributed by atoms with Gasteiger partial charge in [-0.1, -0.05) is 43.2 Å². The Balaban J connectivity index is 3.00. The molecule has 0 N–H and O–H groups in total. The predicted octanol–water partition coefficient (Wildman–Crippen LogP) is 3.82. The fourth-order valence-corrected chi connectivity index (χ4v) is 1.53. The normalized spacial score (nSPS) is 13.0. The average molecular weight is 162 g/mol. The van der Waals surface area contributed by atoms with E-state index in [1.807, 2.05) is 0 Å². The van der Waals surface area contributed by atoms with Crippen LogP contribution in [-0.4, -0.2) is 0 Å². The average Bonchev–Trinajstić information content (AvgIpc) is 2.01. The highest BCUT2D eigenvalue weighted by Crippen LogP contribution is 2.20. The number of hydrogen-bond acceptors (Lipinski definition) is 0. The molecule has 0 spiro atoms. The van der Waals surface area contributed by atoms with Gasteiger partial charge in [0.2, 0.25) is 0 Å². The summed E-state index contributed by atoms with van der Waals surface area (Å²) < 4.78 is 0. The lowest BCUT2D eigenvalue weighted by atomic mass is 9.95. The van der Waals surface area contributed by atoms with E-state index < -0.39 is 0 Å². The van der Waals surface area contributed by atoms with Crippen molar-refractivity contribution in [1.29, 1.82) is 0 Å². The second-order valence-electron chi connectivity index (χ2n) is 3.73. The quantitative estimate of drug-likeness (QED) is 0.620. The molecule has 0 nitrogen and oxygen atoms in total. The standard InChI is InChI=1S/C12H18/c1-5-11(4)12-7-9(2)6-10(3)8-12/h6-8,11H,5H2,1-4H3/t11-/m1/s1. The molecule has 66 valence electrons. The Labute approximate surface area is 75.6 Å². The lowest BCUT2D eigenvalue weighted by molar-refractivity contribution is 0.732. The Morgan fingerprint density at radius 3 is 2.00 bits per heavy atom.